The summed E-state index contributed by atoms with van der Waals surface area (Å²) < 4.78 is 37.2. The number of nitrogens with zero attached hydrogens (tertiary/aromatic N) is 1. The van der Waals surface area contributed by atoms with Crippen LogP contribution < -0.4 is 4.74 Å². The van der Waals surface area contributed by atoms with Crippen molar-refractivity contribution in [2.45, 2.75) is 88.4 Å². The normalized spacial score (nSPS) is 32.9. The van der Waals surface area contributed by atoms with Crippen molar-refractivity contribution in [1.29, 1.82) is 0 Å². The number of carbonyl (C=O) groups is 3. The summed E-state index contributed by atoms with van der Waals surface area (Å²) in [5.74, 6) is -4.15. The number of carbonyl (C=O) groups excluding carboxylic acids is 2. The molecule has 11 nitrogen and oxygen atoms in total. The van der Waals surface area contributed by atoms with Crippen molar-refractivity contribution in [2.24, 2.45) is 0 Å². The highest BCUT2D eigenvalue weighted by molar-refractivity contribution is 6.22. The van der Waals surface area contributed by atoms with Crippen molar-refractivity contribution in [2.75, 3.05) is 7.11 Å². The summed E-state index contributed by atoms with van der Waals surface area (Å²) in [7, 11) is 1.59. The van der Waals surface area contributed by atoms with E-state index in [1.807, 2.05) is 24.3 Å². The molecule has 2 aromatic rings. The van der Waals surface area contributed by atoms with Gasteiger partial charge >= 0.3 is 5.97 Å². The minimum absolute atomic E-state index is 0.174. The minimum atomic E-state index is -1.81. The van der Waals surface area contributed by atoms with Gasteiger partial charge in [0.2, 0.25) is 0 Å². The predicted molar refractivity (Wildman–Crippen MR) is 141 cm³/mol. The molecule has 4 aliphatic rings. The van der Waals surface area contributed by atoms with Gasteiger partial charge in [-0.2, -0.15) is 0 Å². The van der Waals surface area contributed by atoms with Crippen LogP contribution in [0.25, 0.3) is 0 Å². The van der Waals surface area contributed by atoms with Crippen LogP contribution in [-0.4, -0.2) is 82.5 Å². The van der Waals surface area contributed by atoms with Crippen LogP contribution >= 0.6 is 0 Å². The number of methoxy groups -OCH3 is 1. The number of hydrogen-bond acceptors (Lipinski definition) is 9. The van der Waals surface area contributed by atoms with E-state index in [-0.39, 0.29) is 17.7 Å². The molecular formula is C30H33NO10. The van der Waals surface area contributed by atoms with Gasteiger partial charge in [-0.05, 0) is 57.5 Å². The van der Waals surface area contributed by atoms with Crippen LogP contribution in [0.2, 0.25) is 0 Å². The SMILES string of the molecule is COc1ccc(COC2[C@H]3OC(C)(C)O[C@@H]3C(CC(=O)O)(N3C(=O)c4ccccc4C3=O)[C@H]3OC(C)(C)O[C@@H]23)cc1. The molecule has 0 bridgehead atoms. The van der Waals surface area contributed by atoms with Gasteiger partial charge in [-0.1, -0.05) is 24.3 Å². The molecule has 1 N–H and O–H groups in total. The zero-order valence-corrected chi connectivity index (χ0v) is 23.5. The maximum Gasteiger partial charge on any atom is 0.305 e. The zero-order chi connectivity index (χ0) is 29.3. The van der Waals surface area contributed by atoms with Crippen LogP contribution in [-0.2, 0) is 35.1 Å². The van der Waals surface area contributed by atoms with Crippen molar-refractivity contribution in [3.63, 3.8) is 0 Å². The smallest absolute Gasteiger partial charge is 0.305 e. The highest BCUT2D eigenvalue weighted by atomic mass is 16.8. The summed E-state index contributed by atoms with van der Waals surface area (Å²) in [4.78, 5) is 41.4. The van der Waals surface area contributed by atoms with Crippen molar-refractivity contribution >= 4 is 17.8 Å². The van der Waals surface area contributed by atoms with Gasteiger partial charge in [0.1, 0.15) is 41.8 Å². The molecule has 41 heavy (non-hydrogen) atoms. The van der Waals surface area contributed by atoms with E-state index < -0.39 is 71.8 Å². The van der Waals surface area contributed by atoms with E-state index in [4.69, 9.17) is 28.4 Å². The molecule has 0 spiro atoms. The second kappa shape index (κ2) is 9.60. The van der Waals surface area contributed by atoms with Crippen LogP contribution in [0.1, 0.15) is 60.4 Å². The molecule has 2 amide bonds. The summed E-state index contributed by atoms with van der Waals surface area (Å²) in [6, 6.07) is 13.8. The van der Waals surface area contributed by atoms with Gasteiger partial charge in [0.15, 0.2) is 11.6 Å². The number of aliphatic carboxylic acids is 1. The van der Waals surface area contributed by atoms with Crippen LogP contribution in [0.4, 0.5) is 0 Å². The lowest BCUT2D eigenvalue weighted by Crippen LogP contribution is -2.76. The fourth-order valence-corrected chi connectivity index (χ4v) is 6.63. The maximum atomic E-state index is 13.9. The Morgan fingerprint density at radius 1 is 0.854 bits per heavy atom. The Morgan fingerprint density at radius 3 is 1.83 bits per heavy atom. The summed E-state index contributed by atoms with van der Waals surface area (Å²) >= 11 is 0. The Bertz CT molecular complexity index is 1320. The Labute approximate surface area is 237 Å². The molecule has 0 aromatic heterocycles. The topological polar surface area (TPSA) is 130 Å². The van der Waals surface area contributed by atoms with Gasteiger partial charge in [-0.25, -0.2) is 0 Å². The van der Waals surface area contributed by atoms with Gasteiger partial charge in [-0.3, -0.25) is 19.3 Å². The molecule has 6 atom stereocenters. The molecule has 3 aliphatic heterocycles. The molecule has 11 heteroatoms. The number of ether oxygens (including phenoxy) is 6. The first-order valence-corrected chi connectivity index (χ1v) is 13.5. The summed E-state index contributed by atoms with van der Waals surface area (Å²) in [6.45, 7) is 6.96. The Hall–Kier alpha value is -3.35. The largest absolute Gasteiger partial charge is 0.497 e. The summed E-state index contributed by atoms with van der Waals surface area (Å²) in [6.07, 6.45) is -5.43. The van der Waals surface area contributed by atoms with Crippen LogP contribution in [0.5, 0.6) is 5.75 Å². The molecule has 2 aromatic carbocycles. The van der Waals surface area contributed by atoms with Gasteiger partial charge in [0, 0.05) is 0 Å². The Balaban J connectivity index is 1.46. The third-order valence-electron chi connectivity index (χ3n) is 8.14. The van der Waals surface area contributed by atoms with Gasteiger partial charge in [0.25, 0.3) is 11.8 Å². The third kappa shape index (κ3) is 4.43. The number of amides is 2. The lowest BCUT2D eigenvalue weighted by molar-refractivity contribution is -0.190. The zero-order valence-electron chi connectivity index (χ0n) is 23.5. The minimum Gasteiger partial charge on any atom is -0.497 e. The second-order valence-electron chi connectivity index (χ2n) is 11.7. The average Bonchev–Trinajstić information content (AvgIpc) is 3.52. The first-order valence-electron chi connectivity index (χ1n) is 13.5. The summed E-state index contributed by atoms with van der Waals surface area (Å²) in [5.41, 5.74) is -0.581. The number of carboxylic acids is 1. The van der Waals surface area contributed by atoms with E-state index in [0.717, 1.165) is 10.5 Å². The number of benzene rings is 2. The molecule has 3 heterocycles. The molecule has 6 rings (SSSR count). The Kier molecular flexibility index (Phi) is 6.51. The molecule has 218 valence electrons. The molecule has 2 saturated heterocycles. The van der Waals surface area contributed by atoms with Gasteiger partial charge in [-0.15, -0.1) is 0 Å². The van der Waals surface area contributed by atoms with Crippen LogP contribution in [0.3, 0.4) is 0 Å². The molecular weight excluding hydrogens is 534 g/mol. The van der Waals surface area contributed by atoms with Gasteiger partial charge < -0.3 is 33.5 Å². The predicted octanol–water partition coefficient (Wildman–Crippen LogP) is 3.14. The van der Waals surface area contributed by atoms with Crippen LogP contribution in [0.15, 0.2) is 48.5 Å². The highest BCUT2D eigenvalue weighted by Crippen LogP contribution is 2.54. The van der Waals surface area contributed by atoms with Crippen molar-refractivity contribution in [3.8, 4) is 5.75 Å². The highest BCUT2D eigenvalue weighted by Gasteiger charge is 2.74. The van der Waals surface area contributed by atoms with E-state index in [9.17, 15) is 19.5 Å². The number of imide groups is 1. The maximum absolute atomic E-state index is 13.9. The fraction of sp³-hybridized carbons (Fsp3) is 0.500. The number of fused-ring (bicyclic) bond motifs is 3. The number of hydrogen-bond donors (Lipinski definition) is 1. The quantitative estimate of drug-likeness (QED) is 0.498. The lowest BCUT2D eigenvalue weighted by Gasteiger charge is -2.53. The second-order valence-corrected chi connectivity index (χ2v) is 11.7. The van der Waals surface area contributed by atoms with Gasteiger partial charge in [0.05, 0.1) is 31.3 Å². The molecule has 0 radical (unpaired) electrons. The third-order valence-corrected chi connectivity index (χ3v) is 8.14. The van der Waals surface area contributed by atoms with E-state index >= 15 is 0 Å². The molecule has 3 fully saturated rings. The van der Waals surface area contributed by atoms with E-state index in [1.54, 1.807) is 59.1 Å². The molecule has 1 saturated carbocycles. The lowest BCUT2D eigenvalue weighted by atomic mass is 9.69. The van der Waals surface area contributed by atoms with Crippen molar-refractivity contribution in [1.82, 2.24) is 4.90 Å². The molecule has 2 unspecified atom stereocenters. The van der Waals surface area contributed by atoms with E-state index in [2.05, 4.69) is 0 Å². The summed E-state index contributed by atoms with van der Waals surface area (Å²) in [5, 5.41) is 10.3. The first-order chi connectivity index (χ1) is 19.4. The van der Waals surface area contributed by atoms with Crippen LogP contribution in [0, 0.1) is 0 Å². The average molecular weight is 568 g/mol. The van der Waals surface area contributed by atoms with Crippen molar-refractivity contribution < 1.29 is 47.9 Å². The first kappa shape index (κ1) is 27.8. The number of carboxylic acid groups (broad SMARTS) is 1. The standard InChI is InChI=1S/C30H33NO10/c1-28(2)38-22-21(37-15-16-10-12-17(36-5)13-11-16)23-25(41-29(3,4)39-23)30(14-20(32)33,24(22)40-28)31-26(34)18-8-6-7-9-19(18)27(31)35/h6-13,21-25H,14-15H2,1-5H3,(H,32,33)/t21?,22-,23+,24-,25-,30?/m0/s1. The van der Waals surface area contributed by atoms with E-state index in [1.165, 1.54) is 0 Å². The van der Waals surface area contributed by atoms with Crippen molar-refractivity contribution in [3.05, 3.63) is 65.2 Å². The monoisotopic (exact) mass is 567 g/mol. The number of rotatable bonds is 7. The van der Waals surface area contributed by atoms with E-state index in [0.29, 0.717) is 5.75 Å². The Morgan fingerprint density at radius 2 is 1.37 bits per heavy atom. The fourth-order valence-electron chi connectivity index (χ4n) is 6.63. The molecule has 1 aliphatic carbocycles.